The van der Waals surface area contributed by atoms with Gasteiger partial charge in [0, 0.05) is 18.2 Å². The van der Waals surface area contributed by atoms with Crippen molar-refractivity contribution in [2.75, 3.05) is 26.4 Å². The van der Waals surface area contributed by atoms with Crippen molar-refractivity contribution in [3.8, 4) is 17.3 Å². The SMILES string of the molecule is CCOCC(=O)NCCOc1ccc2nnc(-c3cccc(F)c3)n2n1. The summed E-state index contributed by atoms with van der Waals surface area (Å²) in [5, 5.41) is 15.1. The van der Waals surface area contributed by atoms with Crippen molar-refractivity contribution < 1.29 is 18.7 Å². The Balaban J connectivity index is 1.65. The first-order valence-corrected chi connectivity index (χ1v) is 8.13. The molecule has 1 N–H and O–H groups in total. The smallest absolute Gasteiger partial charge is 0.246 e. The number of rotatable bonds is 8. The number of carbonyl (C=O) groups is 1. The number of halogens is 1. The van der Waals surface area contributed by atoms with Gasteiger partial charge in [0.1, 0.15) is 19.0 Å². The van der Waals surface area contributed by atoms with Crippen LogP contribution in [0.5, 0.6) is 5.88 Å². The predicted octanol–water partition coefficient (Wildman–Crippen LogP) is 1.46. The summed E-state index contributed by atoms with van der Waals surface area (Å²) in [5.41, 5.74) is 1.08. The van der Waals surface area contributed by atoms with Gasteiger partial charge in [-0.2, -0.15) is 4.52 Å². The number of hydrogen-bond acceptors (Lipinski definition) is 6. The standard InChI is InChI=1S/C17H18FN5O3/c1-2-25-11-15(24)19-8-9-26-16-7-6-14-20-21-17(23(14)22-16)12-4-3-5-13(18)10-12/h3-7,10H,2,8-9,11H2,1H3,(H,19,24). The number of hydrogen-bond donors (Lipinski definition) is 1. The minimum absolute atomic E-state index is 0.0262. The van der Waals surface area contributed by atoms with Crippen LogP contribution in [0.15, 0.2) is 36.4 Å². The van der Waals surface area contributed by atoms with E-state index in [0.29, 0.717) is 36.1 Å². The van der Waals surface area contributed by atoms with Crippen molar-refractivity contribution in [2.24, 2.45) is 0 Å². The van der Waals surface area contributed by atoms with E-state index in [4.69, 9.17) is 9.47 Å². The highest BCUT2D eigenvalue weighted by molar-refractivity contribution is 5.77. The summed E-state index contributed by atoms with van der Waals surface area (Å²) in [7, 11) is 0. The quantitative estimate of drug-likeness (QED) is 0.613. The predicted molar refractivity (Wildman–Crippen MR) is 91.2 cm³/mol. The van der Waals surface area contributed by atoms with E-state index in [0.717, 1.165) is 0 Å². The number of nitrogens with one attached hydrogen (secondary N) is 1. The summed E-state index contributed by atoms with van der Waals surface area (Å²) in [5.74, 6) is 0.185. The van der Waals surface area contributed by atoms with E-state index in [2.05, 4.69) is 20.6 Å². The maximum absolute atomic E-state index is 13.4. The lowest BCUT2D eigenvalue weighted by Crippen LogP contribution is -2.31. The number of aromatic nitrogens is 4. The molecule has 0 aliphatic carbocycles. The summed E-state index contributed by atoms with van der Waals surface area (Å²) in [4.78, 5) is 11.4. The fourth-order valence-electron chi connectivity index (χ4n) is 2.25. The minimum Gasteiger partial charge on any atom is -0.475 e. The molecule has 0 saturated heterocycles. The van der Waals surface area contributed by atoms with Gasteiger partial charge in [-0.3, -0.25) is 4.79 Å². The topological polar surface area (TPSA) is 90.6 Å². The molecule has 0 fully saturated rings. The maximum atomic E-state index is 13.4. The Morgan fingerprint density at radius 2 is 2.15 bits per heavy atom. The lowest BCUT2D eigenvalue weighted by Gasteiger charge is -2.07. The first-order valence-electron chi connectivity index (χ1n) is 8.13. The second kappa shape index (κ2) is 8.34. The van der Waals surface area contributed by atoms with Crippen LogP contribution in [0.3, 0.4) is 0 Å². The van der Waals surface area contributed by atoms with Crippen molar-refractivity contribution in [2.45, 2.75) is 6.92 Å². The molecule has 8 nitrogen and oxygen atoms in total. The second-order valence-corrected chi connectivity index (χ2v) is 5.31. The highest BCUT2D eigenvalue weighted by atomic mass is 19.1. The third-order valence-electron chi connectivity index (χ3n) is 3.43. The Hall–Kier alpha value is -3.07. The zero-order valence-electron chi connectivity index (χ0n) is 14.2. The van der Waals surface area contributed by atoms with Crippen LogP contribution in [-0.4, -0.2) is 52.1 Å². The van der Waals surface area contributed by atoms with Crippen molar-refractivity contribution in [3.05, 3.63) is 42.2 Å². The number of carbonyl (C=O) groups excluding carboxylic acids is 1. The third kappa shape index (κ3) is 4.31. The van der Waals surface area contributed by atoms with Gasteiger partial charge >= 0.3 is 0 Å². The van der Waals surface area contributed by atoms with E-state index < -0.39 is 0 Å². The average molecular weight is 359 g/mol. The molecule has 26 heavy (non-hydrogen) atoms. The van der Waals surface area contributed by atoms with Crippen molar-refractivity contribution >= 4 is 11.6 Å². The second-order valence-electron chi connectivity index (χ2n) is 5.31. The van der Waals surface area contributed by atoms with Gasteiger partial charge < -0.3 is 14.8 Å². The number of ether oxygens (including phenoxy) is 2. The van der Waals surface area contributed by atoms with Crippen LogP contribution >= 0.6 is 0 Å². The molecule has 9 heteroatoms. The highest BCUT2D eigenvalue weighted by Crippen LogP contribution is 2.19. The van der Waals surface area contributed by atoms with Gasteiger partial charge in [-0.25, -0.2) is 4.39 Å². The monoisotopic (exact) mass is 359 g/mol. The molecule has 0 bridgehead atoms. The number of benzene rings is 1. The average Bonchev–Trinajstić information content (AvgIpc) is 3.07. The Morgan fingerprint density at radius 1 is 1.27 bits per heavy atom. The summed E-state index contributed by atoms with van der Waals surface area (Å²) in [6, 6.07) is 9.39. The van der Waals surface area contributed by atoms with E-state index in [1.807, 2.05) is 6.92 Å². The molecule has 0 spiro atoms. The van der Waals surface area contributed by atoms with E-state index in [1.54, 1.807) is 24.3 Å². The van der Waals surface area contributed by atoms with E-state index in [9.17, 15) is 9.18 Å². The van der Waals surface area contributed by atoms with Crippen molar-refractivity contribution in [3.63, 3.8) is 0 Å². The molecule has 2 aromatic heterocycles. The van der Waals surface area contributed by atoms with Gasteiger partial charge in [-0.05, 0) is 25.1 Å². The molecule has 3 rings (SSSR count). The van der Waals surface area contributed by atoms with Gasteiger partial charge in [0.2, 0.25) is 11.8 Å². The normalized spacial score (nSPS) is 10.8. The Bertz CT molecular complexity index is 899. The van der Waals surface area contributed by atoms with Crippen LogP contribution in [0.25, 0.3) is 17.0 Å². The summed E-state index contributed by atoms with van der Waals surface area (Å²) in [6.45, 7) is 2.90. The number of nitrogens with zero attached hydrogens (tertiary/aromatic N) is 4. The molecule has 0 unspecified atom stereocenters. The van der Waals surface area contributed by atoms with Gasteiger partial charge in [-0.1, -0.05) is 12.1 Å². The zero-order chi connectivity index (χ0) is 18.4. The summed E-state index contributed by atoms with van der Waals surface area (Å²) < 4.78 is 25.5. The zero-order valence-corrected chi connectivity index (χ0v) is 14.2. The van der Waals surface area contributed by atoms with Gasteiger partial charge in [0.15, 0.2) is 11.5 Å². The Morgan fingerprint density at radius 3 is 2.96 bits per heavy atom. The molecule has 1 amide bonds. The van der Waals surface area contributed by atoms with Crippen LogP contribution in [0.1, 0.15) is 6.92 Å². The molecule has 0 aliphatic heterocycles. The fraction of sp³-hybridized carbons (Fsp3) is 0.294. The molecule has 136 valence electrons. The maximum Gasteiger partial charge on any atom is 0.246 e. The van der Waals surface area contributed by atoms with Gasteiger partial charge in [-0.15, -0.1) is 15.3 Å². The molecule has 1 aromatic carbocycles. The first-order chi connectivity index (χ1) is 12.7. The Labute approximate surface area is 148 Å². The van der Waals surface area contributed by atoms with E-state index >= 15 is 0 Å². The van der Waals surface area contributed by atoms with Crippen molar-refractivity contribution in [1.29, 1.82) is 0 Å². The van der Waals surface area contributed by atoms with Crippen LogP contribution in [-0.2, 0) is 9.53 Å². The van der Waals surface area contributed by atoms with Crippen molar-refractivity contribution in [1.82, 2.24) is 25.1 Å². The van der Waals surface area contributed by atoms with Gasteiger partial charge in [0.05, 0.1) is 6.54 Å². The number of fused-ring (bicyclic) bond motifs is 1. The van der Waals surface area contributed by atoms with Crippen LogP contribution in [0, 0.1) is 5.82 Å². The lowest BCUT2D eigenvalue weighted by atomic mass is 10.2. The lowest BCUT2D eigenvalue weighted by molar-refractivity contribution is -0.125. The van der Waals surface area contributed by atoms with Gasteiger partial charge in [0.25, 0.3) is 0 Å². The summed E-state index contributed by atoms with van der Waals surface area (Å²) in [6.07, 6.45) is 0. The van der Waals surface area contributed by atoms with Crippen LogP contribution in [0.2, 0.25) is 0 Å². The molecule has 0 atom stereocenters. The Kier molecular flexibility index (Phi) is 5.69. The molecule has 3 aromatic rings. The fourth-order valence-corrected chi connectivity index (χ4v) is 2.25. The molecule has 0 aliphatic rings. The van der Waals surface area contributed by atoms with Crippen LogP contribution < -0.4 is 10.1 Å². The first kappa shape index (κ1) is 17.7. The minimum atomic E-state index is -0.366. The molecule has 0 saturated carbocycles. The molecular formula is C17H18FN5O3. The summed E-state index contributed by atoms with van der Waals surface area (Å²) >= 11 is 0. The molecule has 2 heterocycles. The molecule has 0 radical (unpaired) electrons. The largest absolute Gasteiger partial charge is 0.475 e. The molecular weight excluding hydrogens is 341 g/mol. The third-order valence-corrected chi connectivity index (χ3v) is 3.43. The van der Waals surface area contributed by atoms with Crippen LogP contribution in [0.4, 0.5) is 4.39 Å². The van der Waals surface area contributed by atoms with E-state index in [1.165, 1.54) is 16.6 Å². The number of amides is 1. The highest BCUT2D eigenvalue weighted by Gasteiger charge is 2.11. The van der Waals surface area contributed by atoms with E-state index in [-0.39, 0.29) is 24.9 Å².